The molecule has 1 aliphatic heterocycles. The van der Waals surface area contributed by atoms with Crippen molar-refractivity contribution in [2.24, 2.45) is 5.73 Å². The molecule has 1 unspecified atom stereocenters. The largest absolute Gasteiger partial charge is 0.335 e. The molecule has 4 heterocycles. The molecule has 23 heavy (non-hydrogen) atoms. The first kappa shape index (κ1) is 13.9. The van der Waals surface area contributed by atoms with Gasteiger partial charge in [-0.3, -0.25) is 9.20 Å². The highest BCUT2D eigenvalue weighted by Gasteiger charge is 2.29. The first-order chi connectivity index (χ1) is 11.3. The minimum atomic E-state index is 0.00950. The fraction of sp³-hybridized carbons (Fsp3) is 0.333. The second-order valence-electron chi connectivity index (χ2n) is 5.69. The van der Waals surface area contributed by atoms with E-state index < -0.39 is 0 Å². The monoisotopic (exact) mass is 311 g/mol. The predicted octanol–water partition coefficient (Wildman–Crippen LogP) is 0.472. The van der Waals surface area contributed by atoms with Gasteiger partial charge in [-0.05, 0) is 18.6 Å². The number of amides is 1. The second kappa shape index (κ2) is 5.47. The summed E-state index contributed by atoms with van der Waals surface area (Å²) < 4.78 is 3.63. The highest BCUT2D eigenvalue weighted by atomic mass is 16.2. The van der Waals surface area contributed by atoms with E-state index in [4.69, 9.17) is 5.73 Å². The summed E-state index contributed by atoms with van der Waals surface area (Å²) in [4.78, 5) is 18.8. The van der Waals surface area contributed by atoms with Crippen LogP contribution in [0.1, 0.15) is 28.6 Å². The normalized spacial score (nSPS) is 18.0. The van der Waals surface area contributed by atoms with Crippen molar-refractivity contribution in [3.8, 4) is 0 Å². The summed E-state index contributed by atoms with van der Waals surface area (Å²) in [6.07, 6.45) is 6.13. The Morgan fingerprint density at radius 1 is 1.39 bits per heavy atom. The molecule has 0 bridgehead atoms. The molecule has 0 spiro atoms. The van der Waals surface area contributed by atoms with Crippen LogP contribution in [0, 0.1) is 0 Å². The van der Waals surface area contributed by atoms with Crippen LogP contribution in [-0.4, -0.2) is 48.3 Å². The lowest BCUT2D eigenvalue weighted by Gasteiger charge is -2.17. The molecule has 8 nitrogen and oxygen atoms in total. The van der Waals surface area contributed by atoms with E-state index in [0.717, 1.165) is 17.6 Å². The van der Waals surface area contributed by atoms with Gasteiger partial charge in [-0.1, -0.05) is 11.3 Å². The molecular weight excluding hydrogens is 294 g/mol. The number of nitrogens with two attached hydrogens (primary N) is 1. The zero-order chi connectivity index (χ0) is 15.8. The number of hydrogen-bond acceptors (Lipinski definition) is 5. The summed E-state index contributed by atoms with van der Waals surface area (Å²) in [5, 5.41) is 8.12. The molecule has 0 aromatic carbocycles. The highest BCUT2D eigenvalue weighted by molar-refractivity contribution is 5.93. The predicted molar refractivity (Wildman–Crippen MR) is 82.7 cm³/mol. The van der Waals surface area contributed by atoms with Gasteiger partial charge in [0.1, 0.15) is 5.69 Å². The van der Waals surface area contributed by atoms with Crippen LogP contribution in [0.5, 0.6) is 0 Å². The maximum absolute atomic E-state index is 12.8. The Labute approximate surface area is 132 Å². The van der Waals surface area contributed by atoms with Crippen LogP contribution >= 0.6 is 0 Å². The number of rotatable bonds is 3. The average Bonchev–Trinajstić information content (AvgIpc) is 3.31. The smallest absolute Gasteiger partial charge is 0.270 e. The lowest BCUT2D eigenvalue weighted by Crippen LogP contribution is -2.30. The van der Waals surface area contributed by atoms with Crippen LogP contribution in [-0.2, 0) is 6.54 Å². The van der Waals surface area contributed by atoms with Crippen molar-refractivity contribution < 1.29 is 4.79 Å². The van der Waals surface area contributed by atoms with Gasteiger partial charge in [-0.25, -0.2) is 9.67 Å². The van der Waals surface area contributed by atoms with Crippen molar-refractivity contribution in [3.63, 3.8) is 0 Å². The van der Waals surface area contributed by atoms with Gasteiger partial charge in [0.05, 0.1) is 36.0 Å². The van der Waals surface area contributed by atoms with Crippen molar-refractivity contribution in [3.05, 3.63) is 48.3 Å². The minimum Gasteiger partial charge on any atom is -0.335 e. The first-order valence-corrected chi connectivity index (χ1v) is 7.57. The van der Waals surface area contributed by atoms with E-state index in [1.54, 1.807) is 12.5 Å². The number of nitrogens with zero attached hydrogens (tertiary/aromatic N) is 6. The Kier molecular flexibility index (Phi) is 3.30. The van der Waals surface area contributed by atoms with Gasteiger partial charge in [-0.2, -0.15) is 0 Å². The number of likely N-dealkylation sites (tertiary alicyclic amines) is 1. The molecule has 3 aromatic rings. The first-order valence-electron chi connectivity index (χ1n) is 7.57. The summed E-state index contributed by atoms with van der Waals surface area (Å²) in [7, 11) is 0. The van der Waals surface area contributed by atoms with Crippen LogP contribution in [0.15, 0.2) is 36.9 Å². The molecule has 2 N–H and O–H groups in total. The molecular formula is C15H17N7O. The van der Waals surface area contributed by atoms with E-state index in [9.17, 15) is 4.79 Å². The standard InChI is InChI=1S/C15H17N7O/c16-6-11-8-22(19-18-11)13-4-5-20(9-13)15(23)14-3-1-2-12-7-17-10-21(12)14/h1-3,7-8,10,13H,4-6,9,16H2. The van der Waals surface area contributed by atoms with E-state index in [1.807, 2.05) is 38.4 Å². The van der Waals surface area contributed by atoms with E-state index >= 15 is 0 Å². The molecule has 118 valence electrons. The SMILES string of the molecule is NCc1cn(C2CCN(C(=O)c3cccc4cncn34)C2)nn1. The minimum absolute atomic E-state index is 0.00950. The molecule has 0 radical (unpaired) electrons. The van der Waals surface area contributed by atoms with Crippen molar-refractivity contribution in [2.45, 2.75) is 19.0 Å². The van der Waals surface area contributed by atoms with Crippen molar-refractivity contribution in [2.75, 3.05) is 13.1 Å². The number of carbonyl (C=O) groups is 1. The molecule has 1 atom stereocenters. The molecule has 8 heteroatoms. The zero-order valence-corrected chi connectivity index (χ0v) is 12.5. The highest BCUT2D eigenvalue weighted by Crippen LogP contribution is 2.23. The van der Waals surface area contributed by atoms with E-state index in [1.165, 1.54) is 0 Å². The maximum atomic E-state index is 12.8. The quantitative estimate of drug-likeness (QED) is 0.759. The topological polar surface area (TPSA) is 94.3 Å². The van der Waals surface area contributed by atoms with Gasteiger partial charge in [0.2, 0.25) is 0 Å². The van der Waals surface area contributed by atoms with Crippen LogP contribution in [0.2, 0.25) is 0 Å². The van der Waals surface area contributed by atoms with Crippen molar-refractivity contribution >= 4 is 11.4 Å². The van der Waals surface area contributed by atoms with Crippen molar-refractivity contribution in [1.82, 2.24) is 29.3 Å². The molecule has 0 saturated carbocycles. The van der Waals surface area contributed by atoms with Crippen molar-refractivity contribution in [1.29, 1.82) is 0 Å². The maximum Gasteiger partial charge on any atom is 0.270 e. The van der Waals surface area contributed by atoms with E-state index in [2.05, 4.69) is 15.3 Å². The summed E-state index contributed by atoms with van der Waals surface area (Å²) >= 11 is 0. The molecule has 1 amide bonds. The lowest BCUT2D eigenvalue weighted by molar-refractivity contribution is 0.0779. The number of fused-ring (bicyclic) bond motifs is 1. The van der Waals surface area contributed by atoms with Crippen LogP contribution in [0.25, 0.3) is 5.52 Å². The Balaban J connectivity index is 1.55. The van der Waals surface area contributed by atoms with E-state index in [-0.39, 0.29) is 11.9 Å². The zero-order valence-electron chi connectivity index (χ0n) is 12.5. The molecule has 3 aromatic heterocycles. The lowest BCUT2D eigenvalue weighted by atomic mass is 10.3. The van der Waals surface area contributed by atoms with Gasteiger partial charge >= 0.3 is 0 Å². The fourth-order valence-electron chi connectivity index (χ4n) is 3.01. The second-order valence-corrected chi connectivity index (χ2v) is 5.69. The van der Waals surface area contributed by atoms with Crippen LogP contribution in [0.3, 0.4) is 0 Å². The number of pyridine rings is 1. The summed E-state index contributed by atoms with van der Waals surface area (Å²) in [5.41, 5.74) is 7.87. The summed E-state index contributed by atoms with van der Waals surface area (Å²) in [6, 6.07) is 5.78. The Morgan fingerprint density at radius 3 is 3.13 bits per heavy atom. The summed E-state index contributed by atoms with van der Waals surface area (Å²) in [5.74, 6) is 0.00950. The number of imidazole rings is 1. The Bertz CT molecular complexity index is 852. The Morgan fingerprint density at radius 2 is 2.30 bits per heavy atom. The Hall–Kier alpha value is -2.74. The third kappa shape index (κ3) is 2.36. The fourth-order valence-corrected chi connectivity index (χ4v) is 3.01. The molecule has 1 saturated heterocycles. The molecule has 1 aliphatic rings. The van der Waals surface area contributed by atoms with E-state index in [0.29, 0.717) is 25.3 Å². The molecule has 0 aliphatic carbocycles. The molecule has 1 fully saturated rings. The number of carbonyl (C=O) groups excluding carboxylic acids is 1. The average molecular weight is 311 g/mol. The van der Waals surface area contributed by atoms with Crippen LogP contribution in [0.4, 0.5) is 0 Å². The van der Waals surface area contributed by atoms with Crippen LogP contribution < -0.4 is 5.73 Å². The number of aromatic nitrogens is 5. The van der Waals surface area contributed by atoms with Gasteiger partial charge in [0.25, 0.3) is 5.91 Å². The third-order valence-electron chi connectivity index (χ3n) is 4.26. The molecule has 4 rings (SSSR count). The van der Waals surface area contributed by atoms with Gasteiger partial charge in [-0.15, -0.1) is 5.10 Å². The summed E-state index contributed by atoms with van der Waals surface area (Å²) in [6.45, 7) is 1.70. The van der Waals surface area contributed by atoms with Gasteiger partial charge < -0.3 is 10.6 Å². The third-order valence-corrected chi connectivity index (χ3v) is 4.26. The van der Waals surface area contributed by atoms with Gasteiger partial charge in [0.15, 0.2) is 0 Å². The van der Waals surface area contributed by atoms with Gasteiger partial charge in [0, 0.05) is 19.6 Å². The number of hydrogen-bond donors (Lipinski definition) is 1.